The van der Waals surface area contributed by atoms with Crippen molar-refractivity contribution in [2.75, 3.05) is 6.67 Å². The van der Waals surface area contributed by atoms with Gasteiger partial charge in [-0.25, -0.2) is 39.5 Å². The van der Waals surface area contributed by atoms with Crippen molar-refractivity contribution >= 4 is 0 Å². The first-order valence-electron chi connectivity index (χ1n) is 6.56. The topological polar surface area (TPSA) is 20.2 Å². The molecule has 0 fully saturated rings. The molecule has 1 N–H and O–H groups in total. The molecule has 23 heavy (non-hydrogen) atoms. The second-order valence-electron chi connectivity index (χ2n) is 4.83. The molecule has 0 saturated carbocycles. The molecule has 0 radical (unpaired) electrons. The molecule has 0 heterocycles. The Kier molecular flexibility index (Phi) is 9.86. The number of hydrogen-bond acceptors (Lipinski definition) is 1. The third kappa shape index (κ3) is 6.34. The van der Waals surface area contributed by atoms with Crippen molar-refractivity contribution in [1.82, 2.24) is 0 Å². The third-order valence-electron chi connectivity index (χ3n) is 3.05. The standard InChI is InChI=1S/C12H16F10O/c13-3-1-2-4(14)5(15)6(16)7(17)8(18)9(19)10(20)11(21)12(22)23/h4-12,23H,1-3H2. The van der Waals surface area contributed by atoms with E-state index < -0.39 is 75.2 Å². The minimum atomic E-state index is -3.77. The zero-order valence-corrected chi connectivity index (χ0v) is 11.5. The van der Waals surface area contributed by atoms with E-state index in [1.165, 1.54) is 0 Å². The van der Waals surface area contributed by atoms with Gasteiger partial charge in [0.15, 0.2) is 43.2 Å². The molecule has 0 spiro atoms. The summed E-state index contributed by atoms with van der Waals surface area (Å²) in [5.74, 6) is 0. The molecule has 0 aromatic heterocycles. The van der Waals surface area contributed by atoms with Crippen LogP contribution in [0.15, 0.2) is 0 Å². The molecule has 9 atom stereocenters. The number of alkyl halides is 10. The van der Waals surface area contributed by atoms with Crippen LogP contribution >= 0.6 is 0 Å². The molecule has 140 valence electrons. The van der Waals surface area contributed by atoms with Gasteiger partial charge in [-0.15, -0.1) is 0 Å². The summed E-state index contributed by atoms with van der Waals surface area (Å²) < 4.78 is 129. The molecule has 0 aliphatic heterocycles. The minimum absolute atomic E-state index is 0.527. The van der Waals surface area contributed by atoms with Crippen molar-refractivity contribution in [3.8, 4) is 0 Å². The maximum atomic E-state index is 13.3. The fraction of sp³-hybridized carbons (Fsp3) is 1.00. The van der Waals surface area contributed by atoms with Gasteiger partial charge in [-0.05, 0) is 12.8 Å². The van der Waals surface area contributed by atoms with E-state index in [9.17, 15) is 43.9 Å². The molecule has 0 amide bonds. The van der Waals surface area contributed by atoms with Gasteiger partial charge in [-0.1, -0.05) is 0 Å². The molecule has 9 unspecified atom stereocenters. The predicted molar refractivity (Wildman–Crippen MR) is 61.5 cm³/mol. The molecule has 0 saturated heterocycles. The predicted octanol–water partition coefficient (Wildman–Crippen LogP) is 3.73. The van der Waals surface area contributed by atoms with E-state index in [-0.39, 0.29) is 0 Å². The highest BCUT2D eigenvalue weighted by Gasteiger charge is 2.48. The average Bonchev–Trinajstić information content (AvgIpc) is 2.54. The van der Waals surface area contributed by atoms with Gasteiger partial charge in [-0.3, -0.25) is 4.39 Å². The lowest BCUT2D eigenvalue weighted by atomic mass is 9.97. The van der Waals surface area contributed by atoms with E-state index in [0.717, 1.165) is 0 Å². The number of aliphatic hydroxyl groups excluding tert-OH is 1. The summed E-state index contributed by atoms with van der Waals surface area (Å²) in [6.45, 7) is -1.07. The summed E-state index contributed by atoms with van der Waals surface area (Å²) in [7, 11) is 0. The first-order valence-corrected chi connectivity index (χ1v) is 6.56. The fourth-order valence-electron chi connectivity index (χ4n) is 1.66. The Bertz CT molecular complexity index is 320. The zero-order valence-electron chi connectivity index (χ0n) is 11.5. The van der Waals surface area contributed by atoms with Gasteiger partial charge in [0, 0.05) is 0 Å². The first-order chi connectivity index (χ1) is 10.6. The Hall–Kier alpha value is -0.740. The molecule has 11 heteroatoms. The van der Waals surface area contributed by atoms with Crippen molar-refractivity contribution in [3.63, 3.8) is 0 Å². The van der Waals surface area contributed by atoms with E-state index in [0.29, 0.717) is 0 Å². The molecule has 1 nitrogen and oxygen atoms in total. The fourth-order valence-corrected chi connectivity index (χ4v) is 1.66. The minimum Gasteiger partial charge on any atom is -0.362 e. The Morgan fingerprint density at radius 1 is 0.565 bits per heavy atom. The number of halogens is 10. The second-order valence-corrected chi connectivity index (χ2v) is 4.83. The third-order valence-corrected chi connectivity index (χ3v) is 3.05. The Labute approximate surface area is 125 Å². The average molecular weight is 366 g/mol. The highest BCUT2D eigenvalue weighted by molar-refractivity contribution is 4.93. The van der Waals surface area contributed by atoms with Gasteiger partial charge in [0.05, 0.1) is 6.67 Å². The monoisotopic (exact) mass is 366 g/mol. The van der Waals surface area contributed by atoms with Crippen LogP contribution in [-0.2, 0) is 0 Å². The highest BCUT2D eigenvalue weighted by Crippen LogP contribution is 2.29. The molecule has 0 bridgehead atoms. The van der Waals surface area contributed by atoms with Crippen molar-refractivity contribution in [2.45, 2.75) is 68.6 Å². The van der Waals surface area contributed by atoms with Crippen molar-refractivity contribution in [3.05, 3.63) is 0 Å². The van der Waals surface area contributed by atoms with Gasteiger partial charge >= 0.3 is 0 Å². The lowest BCUT2D eigenvalue weighted by molar-refractivity contribution is -0.0949. The van der Waals surface area contributed by atoms with Crippen LogP contribution in [0, 0.1) is 0 Å². The summed E-state index contributed by atoms with van der Waals surface area (Å²) in [6, 6.07) is 0. The van der Waals surface area contributed by atoms with Crippen LogP contribution in [0.3, 0.4) is 0 Å². The molecular weight excluding hydrogens is 350 g/mol. The summed E-state index contributed by atoms with van der Waals surface area (Å²) in [5.41, 5.74) is 0. The highest BCUT2D eigenvalue weighted by atomic mass is 19.2. The van der Waals surface area contributed by atoms with Crippen LogP contribution in [0.25, 0.3) is 0 Å². The van der Waals surface area contributed by atoms with Crippen molar-refractivity contribution in [2.24, 2.45) is 0 Å². The van der Waals surface area contributed by atoms with Crippen LogP contribution in [0.2, 0.25) is 0 Å². The van der Waals surface area contributed by atoms with Crippen molar-refractivity contribution in [1.29, 1.82) is 0 Å². The summed E-state index contributed by atoms with van der Waals surface area (Å²) in [4.78, 5) is 0. The lowest BCUT2D eigenvalue weighted by Gasteiger charge is -2.26. The van der Waals surface area contributed by atoms with Gasteiger partial charge in [0.1, 0.15) is 6.17 Å². The Morgan fingerprint density at radius 2 is 0.913 bits per heavy atom. The second kappa shape index (κ2) is 10.2. The van der Waals surface area contributed by atoms with Crippen LogP contribution < -0.4 is 0 Å². The quantitative estimate of drug-likeness (QED) is 0.553. The molecular formula is C12H16F10O. The van der Waals surface area contributed by atoms with E-state index in [2.05, 4.69) is 0 Å². The molecule has 0 aromatic rings. The van der Waals surface area contributed by atoms with Gasteiger partial charge in [0.25, 0.3) is 0 Å². The summed E-state index contributed by atoms with van der Waals surface area (Å²) in [5, 5.41) is 8.03. The van der Waals surface area contributed by atoms with Crippen molar-refractivity contribution < 1.29 is 49.0 Å². The summed E-state index contributed by atoms with van der Waals surface area (Å²) >= 11 is 0. The lowest BCUT2D eigenvalue weighted by Crippen LogP contribution is -2.48. The van der Waals surface area contributed by atoms with Crippen LogP contribution in [0.1, 0.15) is 12.8 Å². The van der Waals surface area contributed by atoms with Crippen LogP contribution in [-0.4, -0.2) is 67.5 Å². The number of rotatable bonds is 11. The van der Waals surface area contributed by atoms with Gasteiger partial charge in [0.2, 0.25) is 6.36 Å². The first kappa shape index (κ1) is 22.3. The van der Waals surface area contributed by atoms with Crippen LogP contribution in [0.5, 0.6) is 0 Å². The smallest absolute Gasteiger partial charge is 0.231 e. The van der Waals surface area contributed by atoms with E-state index >= 15 is 0 Å². The summed E-state index contributed by atoms with van der Waals surface area (Å²) in [6.07, 6.45) is -33.0. The Morgan fingerprint density at radius 3 is 1.26 bits per heavy atom. The molecule has 0 aliphatic rings. The van der Waals surface area contributed by atoms with Gasteiger partial charge in [-0.2, -0.15) is 0 Å². The Balaban J connectivity index is 4.75. The molecule has 0 aromatic carbocycles. The molecule has 0 aliphatic carbocycles. The zero-order chi connectivity index (χ0) is 18.3. The normalized spacial score (nSPS) is 24.1. The number of aliphatic hydroxyl groups is 1. The maximum absolute atomic E-state index is 13.3. The van der Waals surface area contributed by atoms with E-state index in [1.54, 1.807) is 0 Å². The van der Waals surface area contributed by atoms with E-state index in [4.69, 9.17) is 5.11 Å². The van der Waals surface area contributed by atoms with Gasteiger partial charge < -0.3 is 5.11 Å². The SMILES string of the molecule is OC(F)C(F)C(F)C(F)C(F)C(F)C(F)C(F)C(F)CCCF. The molecule has 0 rings (SSSR count). The largest absolute Gasteiger partial charge is 0.362 e. The number of hydrogen-bond donors (Lipinski definition) is 1. The maximum Gasteiger partial charge on any atom is 0.231 e. The van der Waals surface area contributed by atoms with Crippen LogP contribution in [0.4, 0.5) is 43.9 Å². The van der Waals surface area contributed by atoms with E-state index in [1.807, 2.05) is 0 Å².